The molecule has 9 heteroatoms. The van der Waals surface area contributed by atoms with Crippen LogP contribution >= 0.6 is 11.3 Å². The van der Waals surface area contributed by atoms with Crippen LogP contribution in [0.3, 0.4) is 0 Å². The lowest BCUT2D eigenvalue weighted by molar-refractivity contribution is 0.0533. The van der Waals surface area contributed by atoms with Crippen molar-refractivity contribution in [3.05, 3.63) is 70.2 Å². The number of hydrogen-bond donors (Lipinski definition) is 1. The average molecular weight is 454 g/mol. The van der Waals surface area contributed by atoms with E-state index in [-0.39, 0.29) is 23.1 Å². The summed E-state index contributed by atoms with van der Waals surface area (Å²) in [5.74, 6) is 0.595. The third kappa shape index (κ3) is 4.67. The van der Waals surface area contributed by atoms with Crippen LogP contribution in [0, 0.1) is 0 Å². The van der Waals surface area contributed by atoms with Crippen LogP contribution < -0.4 is 9.47 Å². The van der Waals surface area contributed by atoms with Crippen LogP contribution in [0.5, 0.6) is 17.2 Å². The first-order valence-corrected chi connectivity index (χ1v) is 11.1. The highest BCUT2D eigenvalue weighted by Crippen LogP contribution is 2.29. The van der Waals surface area contributed by atoms with Gasteiger partial charge in [-0.25, -0.2) is 4.98 Å². The number of methoxy groups -OCH3 is 1. The van der Waals surface area contributed by atoms with Gasteiger partial charge in [-0.05, 0) is 30.3 Å². The zero-order chi connectivity index (χ0) is 22.5. The predicted octanol–water partition coefficient (Wildman–Crippen LogP) is 3.03. The Balaban J connectivity index is 1.38. The van der Waals surface area contributed by atoms with E-state index in [2.05, 4.69) is 4.98 Å². The number of thiazole rings is 1. The highest BCUT2D eigenvalue weighted by Gasteiger charge is 2.27. The SMILES string of the molecule is COc1cc(C(=O)N2CCN(C(=O)c3ccccc3O)CC2)ccc1OCc1cscn1. The third-order valence-electron chi connectivity index (χ3n) is 5.26. The molecular weight excluding hydrogens is 430 g/mol. The minimum atomic E-state index is -0.238. The number of hydrogen-bond acceptors (Lipinski definition) is 7. The Morgan fingerprint density at radius 2 is 1.75 bits per heavy atom. The van der Waals surface area contributed by atoms with Crippen molar-refractivity contribution in [1.29, 1.82) is 0 Å². The van der Waals surface area contributed by atoms with E-state index in [0.29, 0.717) is 49.8 Å². The second-order valence-electron chi connectivity index (χ2n) is 7.24. The first kappa shape index (κ1) is 21.6. The van der Waals surface area contributed by atoms with Gasteiger partial charge in [0.1, 0.15) is 12.4 Å². The number of aromatic hydroxyl groups is 1. The summed E-state index contributed by atoms with van der Waals surface area (Å²) in [4.78, 5) is 33.2. The van der Waals surface area contributed by atoms with Crippen LogP contribution in [0.2, 0.25) is 0 Å². The van der Waals surface area contributed by atoms with Gasteiger partial charge in [-0.2, -0.15) is 0 Å². The quantitative estimate of drug-likeness (QED) is 0.617. The van der Waals surface area contributed by atoms with Crippen molar-refractivity contribution < 1.29 is 24.2 Å². The fourth-order valence-electron chi connectivity index (χ4n) is 3.50. The Bertz CT molecular complexity index is 1090. The minimum absolute atomic E-state index is 0.0415. The van der Waals surface area contributed by atoms with Crippen molar-refractivity contribution in [3.63, 3.8) is 0 Å². The maximum absolute atomic E-state index is 13.0. The largest absolute Gasteiger partial charge is 0.507 e. The first-order chi connectivity index (χ1) is 15.6. The van der Waals surface area contributed by atoms with Gasteiger partial charge in [-0.1, -0.05) is 12.1 Å². The monoisotopic (exact) mass is 453 g/mol. The van der Waals surface area contributed by atoms with Crippen molar-refractivity contribution in [1.82, 2.24) is 14.8 Å². The molecule has 4 rings (SSSR count). The molecule has 0 radical (unpaired) electrons. The maximum Gasteiger partial charge on any atom is 0.257 e. The number of carbonyl (C=O) groups excluding carboxylic acids is 2. The zero-order valence-electron chi connectivity index (χ0n) is 17.6. The number of phenolic OH excluding ortho intramolecular Hbond substituents is 1. The Labute approximate surface area is 189 Å². The average Bonchev–Trinajstić information content (AvgIpc) is 3.36. The molecule has 1 fully saturated rings. The van der Waals surface area contributed by atoms with Gasteiger partial charge in [0.05, 0.1) is 23.9 Å². The summed E-state index contributed by atoms with van der Waals surface area (Å²) in [6.07, 6.45) is 0. The van der Waals surface area contributed by atoms with E-state index in [1.54, 1.807) is 51.7 Å². The molecule has 0 atom stereocenters. The first-order valence-electron chi connectivity index (χ1n) is 10.1. The topological polar surface area (TPSA) is 92.2 Å². The number of aromatic nitrogens is 1. The molecule has 0 spiro atoms. The molecule has 1 saturated heterocycles. The van der Waals surface area contributed by atoms with Gasteiger partial charge in [0.15, 0.2) is 11.5 Å². The van der Waals surface area contributed by atoms with Crippen LogP contribution in [0.15, 0.2) is 53.4 Å². The molecule has 1 N–H and O–H groups in total. The van der Waals surface area contributed by atoms with Gasteiger partial charge in [0, 0.05) is 37.1 Å². The van der Waals surface area contributed by atoms with Gasteiger partial charge in [0.25, 0.3) is 11.8 Å². The normalized spacial score (nSPS) is 13.7. The fraction of sp³-hybridized carbons (Fsp3) is 0.261. The molecule has 0 aliphatic carbocycles. The Morgan fingerprint density at radius 1 is 1.03 bits per heavy atom. The molecule has 32 heavy (non-hydrogen) atoms. The van der Waals surface area contributed by atoms with Crippen molar-refractivity contribution in [2.45, 2.75) is 6.61 Å². The van der Waals surface area contributed by atoms with Gasteiger partial charge in [-0.3, -0.25) is 9.59 Å². The minimum Gasteiger partial charge on any atom is -0.507 e. The number of amides is 2. The summed E-state index contributed by atoms with van der Waals surface area (Å²) in [5, 5.41) is 11.8. The molecule has 2 heterocycles. The van der Waals surface area contributed by atoms with Crippen LogP contribution in [-0.2, 0) is 6.61 Å². The Kier molecular flexibility index (Phi) is 6.55. The molecule has 3 aromatic rings. The maximum atomic E-state index is 13.0. The number of ether oxygens (including phenoxy) is 2. The van der Waals surface area contributed by atoms with E-state index < -0.39 is 0 Å². The number of phenols is 1. The highest BCUT2D eigenvalue weighted by molar-refractivity contribution is 7.07. The summed E-state index contributed by atoms with van der Waals surface area (Å²) < 4.78 is 11.2. The number of piperazine rings is 1. The Morgan fingerprint density at radius 3 is 2.41 bits per heavy atom. The van der Waals surface area contributed by atoms with E-state index in [1.165, 1.54) is 24.5 Å². The van der Waals surface area contributed by atoms with E-state index in [4.69, 9.17) is 9.47 Å². The molecule has 1 aromatic heterocycles. The molecule has 0 unspecified atom stereocenters. The molecule has 0 saturated carbocycles. The van der Waals surface area contributed by atoms with Crippen LogP contribution in [-0.4, -0.2) is 65.0 Å². The number of benzene rings is 2. The fourth-order valence-corrected chi connectivity index (χ4v) is 4.04. The smallest absolute Gasteiger partial charge is 0.257 e. The molecule has 0 bridgehead atoms. The third-order valence-corrected chi connectivity index (χ3v) is 5.89. The Hall–Kier alpha value is -3.59. The van der Waals surface area contributed by atoms with Gasteiger partial charge in [0.2, 0.25) is 0 Å². The van der Waals surface area contributed by atoms with Crippen LogP contribution in [0.4, 0.5) is 0 Å². The molecule has 1 aliphatic heterocycles. The van der Waals surface area contributed by atoms with Gasteiger partial charge in [-0.15, -0.1) is 11.3 Å². The van der Waals surface area contributed by atoms with E-state index >= 15 is 0 Å². The summed E-state index contributed by atoms with van der Waals surface area (Å²) in [6, 6.07) is 11.6. The molecule has 2 aromatic carbocycles. The molecule has 2 amide bonds. The van der Waals surface area contributed by atoms with Crippen molar-refractivity contribution in [2.24, 2.45) is 0 Å². The standard InChI is InChI=1S/C23H23N3O5S/c1-30-21-12-16(6-7-20(21)31-13-17-14-32-15-24-17)22(28)25-8-10-26(11-9-25)23(29)18-4-2-3-5-19(18)27/h2-7,12,14-15,27H,8-11,13H2,1H3. The number of para-hydroxylation sites is 1. The summed E-state index contributed by atoms with van der Waals surface area (Å²) in [6.45, 7) is 1.92. The van der Waals surface area contributed by atoms with Crippen molar-refractivity contribution >= 4 is 23.2 Å². The summed E-state index contributed by atoms with van der Waals surface area (Å²) in [5.41, 5.74) is 3.33. The van der Waals surface area contributed by atoms with Gasteiger partial charge < -0.3 is 24.4 Å². The molecule has 1 aliphatic rings. The number of rotatable bonds is 6. The summed E-state index contributed by atoms with van der Waals surface area (Å²) in [7, 11) is 1.53. The lowest BCUT2D eigenvalue weighted by Crippen LogP contribution is -2.50. The van der Waals surface area contributed by atoms with E-state index in [9.17, 15) is 14.7 Å². The molecular formula is C23H23N3O5S. The highest BCUT2D eigenvalue weighted by atomic mass is 32.1. The number of nitrogens with zero attached hydrogens (tertiary/aromatic N) is 3. The zero-order valence-corrected chi connectivity index (χ0v) is 18.4. The van der Waals surface area contributed by atoms with Crippen LogP contribution in [0.1, 0.15) is 26.4 Å². The van der Waals surface area contributed by atoms with E-state index in [1.807, 2.05) is 5.38 Å². The summed E-state index contributed by atoms with van der Waals surface area (Å²) >= 11 is 1.50. The van der Waals surface area contributed by atoms with E-state index in [0.717, 1.165) is 5.69 Å². The van der Waals surface area contributed by atoms with Crippen LogP contribution in [0.25, 0.3) is 0 Å². The molecule has 166 valence electrons. The van der Waals surface area contributed by atoms with Crippen molar-refractivity contribution in [2.75, 3.05) is 33.3 Å². The second kappa shape index (κ2) is 9.69. The predicted molar refractivity (Wildman–Crippen MR) is 119 cm³/mol. The second-order valence-corrected chi connectivity index (χ2v) is 7.95. The lowest BCUT2D eigenvalue weighted by Gasteiger charge is -2.35. The molecule has 8 nitrogen and oxygen atoms in total. The van der Waals surface area contributed by atoms with Crippen molar-refractivity contribution in [3.8, 4) is 17.2 Å². The lowest BCUT2D eigenvalue weighted by atomic mass is 10.1. The van der Waals surface area contributed by atoms with Gasteiger partial charge >= 0.3 is 0 Å². The number of carbonyl (C=O) groups is 2.